The number of Topliss-reactive ketones (excluding diaryl/α,β-unsaturated/α-hetero) is 1. The van der Waals surface area contributed by atoms with Gasteiger partial charge in [-0.15, -0.1) is 0 Å². The van der Waals surface area contributed by atoms with Crippen molar-refractivity contribution in [1.82, 2.24) is 0 Å². The molecule has 1 aliphatic rings. The predicted molar refractivity (Wildman–Crippen MR) is 45.5 cm³/mol. The second-order valence-corrected chi connectivity index (χ2v) is 3.35. The van der Waals surface area contributed by atoms with Gasteiger partial charge in [0.25, 0.3) is 0 Å². The van der Waals surface area contributed by atoms with Crippen LogP contribution >= 0.6 is 0 Å². The first-order valence-corrected chi connectivity index (χ1v) is 4.39. The molecule has 0 aromatic carbocycles. The van der Waals surface area contributed by atoms with Gasteiger partial charge in [-0.1, -0.05) is 0 Å². The molecule has 0 radical (unpaired) electrons. The molecule has 78 valence electrons. The number of ether oxygens (including phenoxy) is 1. The Morgan fingerprint density at radius 2 is 2.14 bits per heavy atom. The molecule has 1 rings (SSSR count). The molecule has 14 heavy (non-hydrogen) atoms. The third kappa shape index (κ3) is 2.10. The van der Waals surface area contributed by atoms with E-state index in [1.165, 1.54) is 7.11 Å². The first-order chi connectivity index (χ1) is 6.56. The molecule has 2 atom stereocenters. The summed E-state index contributed by atoms with van der Waals surface area (Å²) in [5.41, 5.74) is 0. The lowest BCUT2D eigenvalue weighted by Crippen LogP contribution is -2.34. The summed E-state index contributed by atoms with van der Waals surface area (Å²) in [5, 5.41) is 8.71. The Bertz CT molecular complexity index is 270. The molecule has 0 aromatic rings. The fourth-order valence-electron chi connectivity index (χ4n) is 1.64. The number of methoxy groups -OCH3 is 1. The van der Waals surface area contributed by atoms with Crippen LogP contribution in [0.25, 0.3) is 0 Å². The van der Waals surface area contributed by atoms with E-state index in [-0.39, 0.29) is 18.6 Å². The lowest BCUT2D eigenvalue weighted by atomic mass is 9.80. The second-order valence-electron chi connectivity index (χ2n) is 3.35. The van der Waals surface area contributed by atoms with Crippen molar-refractivity contribution in [3.8, 4) is 0 Å². The molecule has 1 aliphatic carbocycles. The van der Waals surface area contributed by atoms with Gasteiger partial charge in [-0.25, -0.2) is 0 Å². The monoisotopic (exact) mass is 200 g/mol. The highest BCUT2D eigenvalue weighted by molar-refractivity contribution is 5.99. The minimum Gasteiger partial charge on any atom is -0.481 e. The Balaban J connectivity index is 2.66. The number of carbonyl (C=O) groups excluding carboxylic acids is 2. The maximum Gasteiger partial charge on any atom is 0.314 e. The number of esters is 1. The summed E-state index contributed by atoms with van der Waals surface area (Å²) in [6, 6.07) is 0. The van der Waals surface area contributed by atoms with Gasteiger partial charge in [-0.3, -0.25) is 14.4 Å². The van der Waals surface area contributed by atoms with Crippen LogP contribution in [0.3, 0.4) is 0 Å². The summed E-state index contributed by atoms with van der Waals surface area (Å²) < 4.78 is 4.51. The van der Waals surface area contributed by atoms with Crippen molar-refractivity contribution >= 4 is 17.7 Å². The number of carboxylic acids is 1. The molecule has 5 heteroatoms. The van der Waals surface area contributed by atoms with Crippen LogP contribution in [0.1, 0.15) is 19.3 Å². The number of carbonyl (C=O) groups is 3. The molecule has 1 fully saturated rings. The van der Waals surface area contributed by atoms with E-state index in [9.17, 15) is 14.4 Å². The fraction of sp³-hybridized carbons (Fsp3) is 0.667. The van der Waals surface area contributed by atoms with Crippen LogP contribution in [-0.2, 0) is 19.1 Å². The van der Waals surface area contributed by atoms with Gasteiger partial charge >= 0.3 is 11.9 Å². The Morgan fingerprint density at radius 3 is 2.64 bits per heavy atom. The lowest BCUT2D eigenvalue weighted by Gasteiger charge is -2.23. The first kappa shape index (κ1) is 10.7. The highest BCUT2D eigenvalue weighted by Crippen LogP contribution is 2.27. The number of aliphatic carboxylic acids is 1. The standard InChI is InChI=1S/C9H12O5/c1-14-9(13)5-2-3-7(10)6(4-5)8(11)12/h5-6H,2-4H2,1H3,(H,11,12). The zero-order chi connectivity index (χ0) is 10.7. The van der Waals surface area contributed by atoms with Crippen molar-refractivity contribution in [2.45, 2.75) is 19.3 Å². The molecule has 0 bridgehead atoms. The van der Waals surface area contributed by atoms with Gasteiger partial charge in [0.15, 0.2) is 0 Å². The molecular formula is C9H12O5. The van der Waals surface area contributed by atoms with Crippen LogP contribution < -0.4 is 0 Å². The van der Waals surface area contributed by atoms with Crippen LogP contribution in [0.4, 0.5) is 0 Å². The molecular weight excluding hydrogens is 188 g/mol. The van der Waals surface area contributed by atoms with Gasteiger partial charge in [0.2, 0.25) is 0 Å². The van der Waals surface area contributed by atoms with E-state index in [1.807, 2.05) is 0 Å². The van der Waals surface area contributed by atoms with Crippen molar-refractivity contribution in [2.75, 3.05) is 7.11 Å². The average molecular weight is 200 g/mol. The largest absolute Gasteiger partial charge is 0.481 e. The molecule has 1 saturated carbocycles. The highest BCUT2D eigenvalue weighted by atomic mass is 16.5. The van der Waals surface area contributed by atoms with Crippen LogP contribution in [0.5, 0.6) is 0 Å². The van der Waals surface area contributed by atoms with Crippen molar-refractivity contribution in [3.63, 3.8) is 0 Å². The van der Waals surface area contributed by atoms with E-state index in [0.29, 0.717) is 6.42 Å². The van der Waals surface area contributed by atoms with Crippen molar-refractivity contribution in [2.24, 2.45) is 11.8 Å². The molecule has 2 unspecified atom stereocenters. The molecule has 0 saturated heterocycles. The van der Waals surface area contributed by atoms with Crippen LogP contribution in [0, 0.1) is 11.8 Å². The maximum absolute atomic E-state index is 11.2. The topological polar surface area (TPSA) is 80.7 Å². The Kier molecular flexibility index (Phi) is 3.22. The quantitative estimate of drug-likeness (QED) is 0.509. The third-order valence-corrected chi connectivity index (χ3v) is 2.48. The lowest BCUT2D eigenvalue weighted by molar-refractivity contribution is -0.153. The minimum atomic E-state index is -1.15. The normalized spacial score (nSPS) is 27.1. The van der Waals surface area contributed by atoms with Gasteiger partial charge in [0.1, 0.15) is 11.7 Å². The summed E-state index contributed by atoms with van der Waals surface area (Å²) in [7, 11) is 1.26. The van der Waals surface area contributed by atoms with Gasteiger partial charge in [-0.05, 0) is 12.8 Å². The molecule has 5 nitrogen and oxygen atoms in total. The van der Waals surface area contributed by atoms with Gasteiger partial charge < -0.3 is 9.84 Å². The summed E-state index contributed by atoms with van der Waals surface area (Å²) in [6.45, 7) is 0. The summed E-state index contributed by atoms with van der Waals surface area (Å²) in [6.07, 6.45) is 0.618. The number of rotatable bonds is 2. The van der Waals surface area contributed by atoms with Gasteiger partial charge in [0.05, 0.1) is 13.0 Å². The highest BCUT2D eigenvalue weighted by Gasteiger charge is 2.37. The summed E-state index contributed by atoms with van der Waals surface area (Å²) in [4.78, 5) is 32.9. The van der Waals surface area contributed by atoms with Crippen molar-refractivity contribution < 1.29 is 24.2 Å². The van der Waals surface area contributed by atoms with Crippen molar-refractivity contribution in [1.29, 1.82) is 0 Å². The third-order valence-electron chi connectivity index (χ3n) is 2.48. The average Bonchev–Trinajstić information content (AvgIpc) is 2.17. The van der Waals surface area contributed by atoms with Gasteiger partial charge in [0, 0.05) is 6.42 Å². The molecule has 0 heterocycles. The van der Waals surface area contributed by atoms with Gasteiger partial charge in [-0.2, -0.15) is 0 Å². The fourth-order valence-corrected chi connectivity index (χ4v) is 1.64. The Hall–Kier alpha value is -1.39. The predicted octanol–water partition coefficient (Wildman–Crippen LogP) is 0.229. The van der Waals surface area contributed by atoms with E-state index >= 15 is 0 Å². The van der Waals surface area contributed by atoms with Crippen molar-refractivity contribution in [3.05, 3.63) is 0 Å². The van der Waals surface area contributed by atoms with Crippen LogP contribution in [0.15, 0.2) is 0 Å². The van der Waals surface area contributed by atoms with E-state index in [1.54, 1.807) is 0 Å². The molecule has 0 spiro atoms. The molecule has 0 amide bonds. The first-order valence-electron chi connectivity index (χ1n) is 4.39. The molecule has 0 aromatic heterocycles. The Morgan fingerprint density at radius 1 is 1.50 bits per heavy atom. The number of hydrogen-bond acceptors (Lipinski definition) is 4. The molecule has 0 aliphatic heterocycles. The number of hydrogen-bond donors (Lipinski definition) is 1. The smallest absolute Gasteiger partial charge is 0.314 e. The SMILES string of the molecule is COC(=O)C1CCC(=O)C(C(=O)O)C1. The minimum absolute atomic E-state index is 0.0703. The summed E-state index contributed by atoms with van der Waals surface area (Å²) >= 11 is 0. The maximum atomic E-state index is 11.2. The van der Waals surface area contributed by atoms with E-state index in [2.05, 4.69) is 4.74 Å². The zero-order valence-corrected chi connectivity index (χ0v) is 7.86. The van der Waals surface area contributed by atoms with E-state index < -0.39 is 23.8 Å². The number of carboxylic acid groups (broad SMARTS) is 1. The van der Waals surface area contributed by atoms with Crippen LogP contribution in [-0.4, -0.2) is 29.9 Å². The van der Waals surface area contributed by atoms with E-state index in [4.69, 9.17) is 5.11 Å². The summed E-state index contributed by atoms with van der Waals surface area (Å²) in [5.74, 6) is -3.35. The molecule has 1 N–H and O–H groups in total. The van der Waals surface area contributed by atoms with Crippen LogP contribution in [0.2, 0.25) is 0 Å². The zero-order valence-electron chi connectivity index (χ0n) is 7.86. The Labute approximate surface area is 81.0 Å². The number of ketones is 1. The van der Waals surface area contributed by atoms with E-state index in [0.717, 1.165) is 0 Å². The second kappa shape index (κ2) is 4.21.